The molecule has 0 atom stereocenters. The Morgan fingerprint density at radius 3 is 2.90 bits per heavy atom. The van der Waals surface area contributed by atoms with Gasteiger partial charge in [-0.3, -0.25) is 0 Å². The summed E-state index contributed by atoms with van der Waals surface area (Å²) in [6.45, 7) is 0. The molecule has 0 fully saturated rings. The van der Waals surface area contributed by atoms with E-state index < -0.39 is 0 Å². The molecule has 0 bridgehead atoms. The molecule has 0 amide bonds. The van der Waals surface area contributed by atoms with Gasteiger partial charge in [-0.1, -0.05) is 6.07 Å². The van der Waals surface area contributed by atoms with E-state index in [9.17, 15) is 0 Å². The van der Waals surface area contributed by atoms with Crippen molar-refractivity contribution < 1.29 is 5.32 Å². The minimum Gasteiger partial charge on any atom is -0.316 e. The smallest absolute Gasteiger partial charge is 0.130 e. The summed E-state index contributed by atoms with van der Waals surface area (Å²) in [5.74, 6) is 0. The Labute approximate surface area is 60.1 Å². The van der Waals surface area contributed by atoms with Crippen LogP contribution in [0.3, 0.4) is 0 Å². The minimum absolute atomic E-state index is 0.718. The number of hydrogen-bond donors (Lipinski definition) is 1. The average Bonchev–Trinajstić information content (AvgIpc) is 2.05. The van der Waals surface area contributed by atoms with Crippen LogP contribution in [0.2, 0.25) is 0 Å². The summed E-state index contributed by atoms with van der Waals surface area (Å²) in [5.41, 5.74) is 1.81. The van der Waals surface area contributed by atoms with E-state index in [-0.39, 0.29) is 0 Å². The first-order chi connectivity index (χ1) is 4.86. The number of nitrogens with zero attached hydrogens (tertiary/aromatic N) is 1. The molecule has 2 N–H and O–H groups in total. The van der Waals surface area contributed by atoms with Crippen LogP contribution >= 0.6 is 0 Å². The molecule has 0 aliphatic rings. The minimum atomic E-state index is 0.718. The number of benzene rings is 1. The molecule has 0 aliphatic carbocycles. The average molecular weight is 133 g/mol. The molecular formula is C8H9N2+. The third-order valence-corrected chi connectivity index (χ3v) is 1.35. The Bertz CT molecular complexity index is 260. The zero-order chi connectivity index (χ0) is 7.40. The van der Waals surface area contributed by atoms with Crippen molar-refractivity contribution in [2.75, 3.05) is 7.05 Å². The van der Waals surface area contributed by atoms with Gasteiger partial charge in [-0.05, 0) is 12.1 Å². The Balaban J connectivity index is 3.01. The molecule has 0 saturated carbocycles. The highest BCUT2D eigenvalue weighted by molar-refractivity contribution is 5.39. The van der Waals surface area contributed by atoms with E-state index in [1.807, 2.05) is 30.6 Å². The maximum atomic E-state index is 8.49. The quantitative estimate of drug-likeness (QED) is 0.553. The van der Waals surface area contributed by atoms with Gasteiger partial charge in [-0.15, -0.1) is 0 Å². The lowest BCUT2D eigenvalue weighted by atomic mass is 10.2. The van der Waals surface area contributed by atoms with Crippen molar-refractivity contribution in [2.45, 2.75) is 0 Å². The van der Waals surface area contributed by atoms with E-state index in [1.54, 1.807) is 6.07 Å². The van der Waals surface area contributed by atoms with Crippen molar-refractivity contribution in [3.63, 3.8) is 0 Å². The molecule has 0 aromatic heterocycles. The van der Waals surface area contributed by atoms with Crippen molar-refractivity contribution in [3.8, 4) is 6.07 Å². The first-order valence-electron chi connectivity index (χ1n) is 3.16. The summed E-state index contributed by atoms with van der Waals surface area (Å²) in [5, 5.41) is 10.5. The largest absolute Gasteiger partial charge is 0.316 e. The summed E-state index contributed by atoms with van der Waals surface area (Å²) in [6, 6.07) is 9.60. The summed E-state index contributed by atoms with van der Waals surface area (Å²) in [6.07, 6.45) is 0. The van der Waals surface area contributed by atoms with Crippen LogP contribution < -0.4 is 5.32 Å². The molecule has 1 aromatic carbocycles. The van der Waals surface area contributed by atoms with Crippen LogP contribution in [0.5, 0.6) is 0 Å². The number of hydrogen-bond acceptors (Lipinski definition) is 1. The fourth-order valence-electron chi connectivity index (χ4n) is 0.788. The standard InChI is InChI=1S/C8H8N2/c1-10-8-4-2-3-7(5-8)6-9/h2-5,10H,1H3/p+1. The maximum absolute atomic E-state index is 8.49. The Hall–Kier alpha value is -1.33. The maximum Gasteiger partial charge on any atom is 0.130 e. The van der Waals surface area contributed by atoms with Gasteiger partial charge in [0.15, 0.2) is 0 Å². The highest BCUT2D eigenvalue weighted by Crippen LogP contribution is 2.02. The summed E-state index contributed by atoms with van der Waals surface area (Å²) < 4.78 is 0. The Kier molecular flexibility index (Phi) is 2.03. The molecule has 1 aromatic rings. The highest BCUT2D eigenvalue weighted by atomic mass is 14.8. The van der Waals surface area contributed by atoms with E-state index in [1.165, 1.54) is 0 Å². The van der Waals surface area contributed by atoms with Crippen molar-refractivity contribution in [1.82, 2.24) is 0 Å². The number of rotatable bonds is 1. The zero-order valence-electron chi connectivity index (χ0n) is 5.83. The molecular weight excluding hydrogens is 124 g/mol. The van der Waals surface area contributed by atoms with Crippen LogP contribution in [0.15, 0.2) is 24.3 Å². The molecule has 0 radical (unpaired) electrons. The Morgan fingerprint density at radius 2 is 2.30 bits per heavy atom. The van der Waals surface area contributed by atoms with Gasteiger partial charge in [0.05, 0.1) is 18.7 Å². The van der Waals surface area contributed by atoms with E-state index >= 15 is 0 Å². The van der Waals surface area contributed by atoms with Gasteiger partial charge in [0, 0.05) is 6.07 Å². The SMILES string of the molecule is C[NH2+]c1cccc(C#N)c1. The predicted octanol–water partition coefficient (Wildman–Crippen LogP) is 0.383. The lowest BCUT2D eigenvalue weighted by molar-refractivity contribution is -0.539. The molecule has 0 saturated heterocycles. The van der Waals surface area contributed by atoms with Gasteiger partial charge >= 0.3 is 0 Å². The summed E-state index contributed by atoms with van der Waals surface area (Å²) in [4.78, 5) is 0. The zero-order valence-corrected chi connectivity index (χ0v) is 5.83. The summed E-state index contributed by atoms with van der Waals surface area (Å²) >= 11 is 0. The van der Waals surface area contributed by atoms with Crippen LogP contribution in [0.1, 0.15) is 5.56 Å². The third-order valence-electron chi connectivity index (χ3n) is 1.35. The van der Waals surface area contributed by atoms with Crippen molar-refractivity contribution in [2.24, 2.45) is 0 Å². The lowest BCUT2D eigenvalue weighted by Crippen LogP contribution is -2.72. The second-order valence-corrected chi connectivity index (χ2v) is 2.03. The van der Waals surface area contributed by atoms with Crippen molar-refractivity contribution >= 4 is 5.69 Å². The molecule has 0 unspecified atom stereocenters. The van der Waals surface area contributed by atoms with Gasteiger partial charge in [-0.2, -0.15) is 5.26 Å². The molecule has 0 heterocycles. The first-order valence-corrected chi connectivity index (χ1v) is 3.16. The predicted molar refractivity (Wildman–Crippen MR) is 38.7 cm³/mol. The second kappa shape index (κ2) is 3.00. The summed E-state index contributed by atoms with van der Waals surface area (Å²) in [7, 11) is 1.95. The van der Waals surface area contributed by atoms with E-state index in [2.05, 4.69) is 6.07 Å². The molecule has 10 heavy (non-hydrogen) atoms. The molecule has 2 nitrogen and oxygen atoms in total. The van der Waals surface area contributed by atoms with E-state index in [0.29, 0.717) is 0 Å². The fourth-order valence-corrected chi connectivity index (χ4v) is 0.788. The van der Waals surface area contributed by atoms with Crippen LogP contribution in [0.25, 0.3) is 0 Å². The number of nitrogens with two attached hydrogens (primary N) is 1. The van der Waals surface area contributed by atoms with Gasteiger partial charge < -0.3 is 5.32 Å². The Morgan fingerprint density at radius 1 is 1.50 bits per heavy atom. The molecule has 1 rings (SSSR count). The van der Waals surface area contributed by atoms with Crippen molar-refractivity contribution in [1.29, 1.82) is 5.26 Å². The normalized spacial score (nSPS) is 8.80. The van der Waals surface area contributed by atoms with E-state index in [4.69, 9.17) is 5.26 Å². The fraction of sp³-hybridized carbons (Fsp3) is 0.125. The first kappa shape index (κ1) is 6.79. The number of quaternary nitrogens is 1. The topological polar surface area (TPSA) is 40.4 Å². The van der Waals surface area contributed by atoms with Crippen LogP contribution in [-0.4, -0.2) is 7.05 Å². The molecule has 2 heteroatoms. The van der Waals surface area contributed by atoms with Crippen molar-refractivity contribution in [3.05, 3.63) is 29.8 Å². The van der Waals surface area contributed by atoms with E-state index in [0.717, 1.165) is 11.3 Å². The van der Waals surface area contributed by atoms with Gasteiger partial charge in [0.1, 0.15) is 5.69 Å². The van der Waals surface area contributed by atoms with Crippen LogP contribution in [0, 0.1) is 11.3 Å². The highest BCUT2D eigenvalue weighted by Gasteiger charge is 1.92. The molecule has 0 aliphatic heterocycles. The number of nitriles is 1. The molecule has 50 valence electrons. The van der Waals surface area contributed by atoms with Gasteiger partial charge in [0.2, 0.25) is 0 Å². The second-order valence-electron chi connectivity index (χ2n) is 2.03. The van der Waals surface area contributed by atoms with Gasteiger partial charge in [0.25, 0.3) is 0 Å². The monoisotopic (exact) mass is 133 g/mol. The van der Waals surface area contributed by atoms with Crippen LogP contribution in [-0.2, 0) is 0 Å². The lowest BCUT2D eigenvalue weighted by Gasteiger charge is -1.91. The van der Waals surface area contributed by atoms with Gasteiger partial charge in [-0.25, -0.2) is 0 Å². The third kappa shape index (κ3) is 1.34. The van der Waals surface area contributed by atoms with Crippen LogP contribution in [0.4, 0.5) is 5.69 Å². The molecule has 0 spiro atoms.